The van der Waals surface area contributed by atoms with Crippen LogP contribution in [0.15, 0.2) is 11.5 Å². The zero-order valence-electron chi connectivity index (χ0n) is 6.74. The van der Waals surface area contributed by atoms with Crippen molar-refractivity contribution in [3.63, 3.8) is 0 Å². The molecular weight excluding hydrogens is 162 g/mol. The molecule has 4 heteroatoms. The minimum absolute atomic E-state index is 0.155. The molecular formula is C7H13NO2S. The minimum Gasteiger partial charge on any atom is -0.466 e. The van der Waals surface area contributed by atoms with Crippen LogP contribution in [0.1, 0.15) is 6.92 Å². The Kier molecular flexibility index (Phi) is 5.97. The third kappa shape index (κ3) is 7.42. The van der Waals surface area contributed by atoms with E-state index in [0.717, 1.165) is 5.75 Å². The van der Waals surface area contributed by atoms with Crippen molar-refractivity contribution in [2.75, 3.05) is 12.9 Å². The predicted molar refractivity (Wildman–Crippen MR) is 47.3 cm³/mol. The van der Waals surface area contributed by atoms with Crippen molar-refractivity contribution in [1.29, 1.82) is 0 Å². The van der Waals surface area contributed by atoms with E-state index >= 15 is 0 Å². The SMILES string of the molecule is COC(=O)C=CSCC(C)N. The highest BCUT2D eigenvalue weighted by atomic mass is 32.2. The van der Waals surface area contributed by atoms with Crippen LogP contribution in [-0.4, -0.2) is 24.9 Å². The van der Waals surface area contributed by atoms with Crippen molar-refractivity contribution in [2.45, 2.75) is 13.0 Å². The van der Waals surface area contributed by atoms with Crippen LogP contribution in [0.3, 0.4) is 0 Å². The van der Waals surface area contributed by atoms with Crippen LogP contribution in [0.2, 0.25) is 0 Å². The van der Waals surface area contributed by atoms with Gasteiger partial charge in [0.2, 0.25) is 0 Å². The average molecular weight is 175 g/mol. The Hall–Kier alpha value is -0.480. The summed E-state index contributed by atoms with van der Waals surface area (Å²) in [7, 11) is 1.35. The fraction of sp³-hybridized carbons (Fsp3) is 0.571. The number of carbonyl (C=O) groups excluding carboxylic acids is 1. The van der Waals surface area contributed by atoms with Crippen LogP contribution in [0.25, 0.3) is 0 Å². The van der Waals surface area contributed by atoms with Crippen molar-refractivity contribution >= 4 is 17.7 Å². The zero-order chi connectivity index (χ0) is 8.69. The Morgan fingerprint density at radius 3 is 2.91 bits per heavy atom. The monoisotopic (exact) mass is 175 g/mol. The number of carbonyl (C=O) groups is 1. The Balaban J connectivity index is 3.37. The van der Waals surface area contributed by atoms with Gasteiger partial charge in [0, 0.05) is 17.9 Å². The number of hydrogen-bond acceptors (Lipinski definition) is 4. The van der Waals surface area contributed by atoms with E-state index in [9.17, 15) is 4.79 Å². The lowest BCUT2D eigenvalue weighted by Gasteiger charge is -1.98. The third-order valence-corrected chi connectivity index (χ3v) is 1.91. The van der Waals surface area contributed by atoms with Crippen molar-refractivity contribution in [3.05, 3.63) is 11.5 Å². The number of nitrogens with two attached hydrogens (primary N) is 1. The second kappa shape index (κ2) is 6.24. The number of esters is 1. The normalized spacial score (nSPS) is 13.4. The van der Waals surface area contributed by atoms with Gasteiger partial charge in [0.1, 0.15) is 0 Å². The largest absolute Gasteiger partial charge is 0.466 e. The number of ether oxygens (including phenoxy) is 1. The van der Waals surface area contributed by atoms with Gasteiger partial charge in [-0.15, -0.1) is 11.8 Å². The molecule has 0 aliphatic rings. The van der Waals surface area contributed by atoms with E-state index < -0.39 is 0 Å². The van der Waals surface area contributed by atoms with Gasteiger partial charge in [-0.3, -0.25) is 0 Å². The lowest BCUT2D eigenvalue weighted by molar-refractivity contribution is -0.134. The van der Waals surface area contributed by atoms with Gasteiger partial charge in [0.25, 0.3) is 0 Å². The lowest BCUT2D eigenvalue weighted by Crippen LogP contribution is -2.16. The van der Waals surface area contributed by atoms with E-state index in [1.807, 2.05) is 6.92 Å². The maximum atomic E-state index is 10.5. The smallest absolute Gasteiger partial charge is 0.330 e. The highest BCUT2D eigenvalue weighted by molar-refractivity contribution is 8.02. The first-order valence-corrected chi connectivity index (χ1v) is 4.33. The van der Waals surface area contributed by atoms with E-state index in [1.54, 1.807) is 5.41 Å². The van der Waals surface area contributed by atoms with Gasteiger partial charge >= 0.3 is 5.97 Å². The third-order valence-electron chi connectivity index (χ3n) is 0.861. The molecule has 0 rings (SSSR count). The molecule has 0 spiro atoms. The van der Waals surface area contributed by atoms with Crippen LogP contribution in [0.5, 0.6) is 0 Å². The first kappa shape index (κ1) is 10.5. The van der Waals surface area contributed by atoms with Gasteiger partial charge in [0.15, 0.2) is 0 Å². The maximum Gasteiger partial charge on any atom is 0.330 e. The average Bonchev–Trinajstić information content (AvgIpc) is 1.97. The molecule has 3 nitrogen and oxygen atoms in total. The van der Waals surface area contributed by atoms with E-state index in [2.05, 4.69) is 4.74 Å². The van der Waals surface area contributed by atoms with Crippen molar-refractivity contribution in [2.24, 2.45) is 5.73 Å². The Bertz CT molecular complexity index is 145. The van der Waals surface area contributed by atoms with Crippen molar-refractivity contribution < 1.29 is 9.53 Å². The molecule has 0 aromatic heterocycles. The molecule has 1 unspecified atom stereocenters. The van der Waals surface area contributed by atoms with E-state index in [-0.39, 0.29) is 12.0 Å². The van der Waals surface area contributed by atoms with Gasteiger partial charge in [0.05, 0.1) is 7.11 Å². The predicted octanol–water partition coefficient (Wildman–Crippen LogP) is 0.753. The molecule has 0 saturated heterocycles. The number of thioether (sulfide) groups is 1. The second-order valence-corrected chi connectivity index (χ2v) is 3.08. The van der Waals surface area contributed by atoms with Gasteiger partial charge in [-0.05, 0) is 12.3 Å². The molecule has 0 amide bonds. The molecule has 0 aromatic carbocycles. The van der Waals surface area contributed by atoms with Crippen LogP contribution in [0, 0.1) is 0 Å². The summed E-state index contributed by atoms with van der Waals surface area (Å²) in [5.41, 5.74) is 5.47. The Morgan fingerprint density at radius 2 is 2.45 bits per heavy atom. The van der Waals surface area contributed by atoms with Gasteiger partial charge < -0.3 is 10.5 Å². The van der Waals surface area contributed by atoms with E-state index in [4.69, 9.17) is 5.73 Å². The summed E-state index contributed by atoms with van der Waals surface area (Å²) in [6.45, 7) is 1.92. The highest BCUT2D eigenvalue weighted by Crippen LogP contribution is 2.02. The molecule has 2 N–H and O–H groups in total. The maximum absolute atomic E-state index is 10.5. The van der Waals surface area contributed by atoms with Crippen LogP contribution in [-0.2, 0) is 9.53 Å². The molecule has 0 saturated carbocycles. The molecule has 0 aliphatic carbocycles. The first-order valence-electron chi connectivity index (χ1n) is 3.28. The summed E-state index contributed by atoms with van der Waals surface area (Å²) < 4.78 is 4.39. The van der Waals surface area contributed by atoms with Gasteiger partial charge in [-0.25, -0.2) is 4.79 Å². The summed E-state index contributed by atoms with van der Waals surface area (Å²) in [6, 6.07) is 0.155. The number of hydrogen-bond donors (Lipinski definition) is 1. The van der Waals surface area contributed by atoms with E-state index in [0.29, 0.717) is 0 Å². The quantitative estimate of drug-likeness (QED) is 0.506. The lowest BCUT2D eigenvalue weighted by atomic mass is 10.4. The summed E-state index contributed by atoms with van der Waals surface area (Å²) in [4.78, 5) is 10.5. The fourth-order valence-corrected chi connectivity index (χ4v) is 1.00. The van der Waals surface area contributed by atoms with Crippen LogP contribution >= 0.6 is 11.8 Å². The summed E-state index contributed by atoms with van der Waals surface area (Å²) in [6.07, 6.45) is 1.38. The minimum atomic E-state index is -0.331. The topological polar surface area (TPSA) is 52.3 Å². The molecule has 0 aromatic rings. The molecule has 0 aliphatic heterocycles. The van der Waals surface area contributed by atoms with Crippen LogP contribution in [0.4, 0.5) is 0 Å². The summed E-state index contributed by atoms with van der Waals surface area (Å²) in [5.74, 6) is 0.482. The van der Waals surface area contributed by atoms with Gasteiger partial charge in [-0.2, -0.15) is 0 Å². The molecule has 0 bridgehead atoms. The summed E-state index contributed by atoms with van der Waals surface area (Å²) in [5, 5.41) is 1.69. The van der Waals surface area contributed by atoms with E-state index in [1.165, 1.54) is 24.9 Å². The molecule has 0 heterocycles. The first-order chi connectivity index (χ1) is 5.16. The number of rotatable bonds is 4. The highest BCUT2D eigenvalue weighted by Gasteiger charge is 1.92. The number of methoxy groups -OCH3 is 1. The fourth-order valence-electron chi connectivity index (χ4n) is 0.379. The Labute approximate surface area is 71.0 Å². The molecule has 64 valence electrons. The summed E-state index contributed by atoms with van der Waals surface area (Å²) >= 11 is 1.50. The zero-order valence-corrected chi connectivity index (χ0v) is 7.56. The molecule has 0 radical (unpaired) electrons. The Morgan fingerprint density at radius 1 is 1.82 bits per heavy atom. The second-order valence-electron chi connectivity index (χ2n) is 2.14. The molecule has 0 fully saturated rings. The standard InChI is InChI=1S/C7H13NO2S/c1-6(8)5-11-4-3-7(9)10-2/h3-4,6H,5,8H2,1-2H3. The molecule has 11 heavy (non-hydrogen) atoms. The van der Waals surface area contributed by atoms with Crippen LogP contribution < -0.4 is 5.73 Å². The van der Waals surface area contributed by atoms with Gasteiger partial charge in [-0.1, -0.05) is 0 Å². The van der Waals surface area contributed by atoms with Crippen molar-refractivity contribution in [3.8, 4) is 0 Å². The molecule has 1 atom stereocenters. The van der Waals surface area contributed by atoms with Crippen molar-refractivity contribution in [1.82, 2.24) is 0 Å².